The van der Waals surface area contributed by atoms with Gasteiger partial charge >= 0.3 is 0 Å². The number of para-hydroxylation sites is 1. The summed E-state index contributed by atoms with van der Waals surface area (Å²) in [5.41, 5.74) is 4.07. The monoisotopic (exact) mass is 408 g/mol. The molecule has 0 saturated heterocycles. The summed E-state index contributed by atoms with van der Waals surface area (Å²) in [7, 11) is 0. The Hall–Kier alpha value is -3.20. The van der Waals surface area contributed by atoms with Crippen LogP contribution in [0.1, 0.15) is 23.9 Å². The summed E-state index contributed by atoms with van der Waals surface area (Å²) in [6, 6.07) is 13.7. The maximum Gasteiger partial charge on any atom is 0.237 e. The summed E-state index contributed by atoms with van der Waals surface area (Å²) in [6.45, 7) is 6.66. The summed E-state index contributed by atoms with van der Waals surface area (Å²) in [4.78, 5) is 4.48. The molecule has 2 aromatic carbocycles. The number of tetrazole rings is 1. The first-order valence-corrected chi connectivity index (χ1v) is 10.2. The Kier molecular flexibility index (Phi) is 5.57. The highest BCUT2D eigenvalue weighted by molar-refractivity contribution is 7.98. The molecule has 2 aromatic heterocycles. The second-order valence-corrected chi connectivity index (χ2v) is 7.31. The molecule has 4 aromatic rings. The molecule has 0 bridgehead atoms. The number of rotatable bonds is 7. The van der Waals surface area contributed by atoms with E-state index in [0.717, 1.165) is 28.1 Å². The van der Waals surface area contributed by atoms with E-state index in [1.54, 1.807) is 4.68 Å². The van der Waals surface area contributed by atoms with Crippen LogP contribution < -0.4 is 4.74 Å². The van der Waals surface area contributed by atoms with Crippen LogP contribution in [-0.2, 0) is 5.75 Å². The second kappa shape index (κ2) is 8.44. The van der Waals surface area contributed by atoms with Crippen LogP contribution in [-0.4, -0.2) is 37.0 Å². The van der Waals surface area contributed by atoms with E-state index in [9.17, 15) is 0 Å². The van der Waals surface area contributed by atoms with Gasteiger partial charge in [0.1, 0.15) is 5.75 Å². The zero-order chi connectivity index (χ0) is 20.2. The summed E-state index contributed by atoms with van der Waals surface area (Å²) in [5, 5.41) is 16.9. The van der Waals surface area contributed by atoms with Crippen LogP contribution in [0.5, 0.6) is 5.75 Å². The fourth-order valence-corrected chi connectivity index (χ4v) is 3.69. The van der Waals surface area contributed by atoms with Gasteiger partial charge in [-0.05, 0) is 66.6 Å². The lowest BCUT2D eigenvalue weighted by Crippen LogP contribution is -2.04. The van der Waals surface area contributed by atoms with Gasteiger partial charge in [-0.25, -0.2) is 0 Å². The van der Waals surface area contributed by atoms with Crippen LogP contribution in [0.3, 0.4) is 0 Å². The van der Waals surface area contributed by atoms with Gasteiger partial charge < -0.3 is 9.26 Å². The van der Waals surface area contributed by atoms with Gasteiger partial charge in [0.2, 0.25) is 16.9 Å². The molecular formula is C20H20N6O2S. The molecule has 0 fully saturated rings. The molecule has 9 heteroatoms. The summed E-state index contributed by atoms with van der Waals surface area (Å²) < 4.78 is 12.6. The van der Waals surface area contributed by atoms with E-state index in [0.29, 0.717) is 29.2 Å². The van der Waals surface area contributed by atoms with Crippen molar-refractivity contribution in [3.05, 3.63) is 59.5 Å². The first-order valence-electron chi connectivity index (χ1n) is 9.19. The maximum absolute atomic E-state index is 5.46. The third-order valence-corrected chi connectivity index (χ3v) is 5.21. The van der Waals surface area contributed by atoms with Gasteiger partial charge in [-0.2, -0.15) is 9.67 Å². The second-order valence-electron chi connectivity index (χ2n) is 6.37. The molecule has 2 heterocycles. The zero-order valence-electron chi connectivity index (χ0n) is 16.4. The molecule has 0 N–H and O–H groups in total. The largest absolute Gasteiger partial charge is 0.494 e. The number of nitrogens with zero attached hydrogens (tertiary/aromatic N) is 6. The molecule has 0 radical (unpaired) electrons. The van der Waals surface area contributed by atoms with E-state index >= 15 is 0 Å². The van der Waals surface area contributed by atoms with E-state index < -0.39 is 0 Å². The van der Waals surface area contributed by atoms with Crippen molar-refractivity contribution < 1.29 is 9.26 Å². The van der Waals surface area contributed by atoms with Crippen LogP contribution >= 0.6 is 11.8 Å². The standard InChI is InChI=1S/C20H20N6O2S/c1-4-27-16-10-8-15(9-11-16)19-21-17(28-23-19)12-29-20-22-24-25-26(20)18-13(2)6-5-7-14(18)3/h5-11H,4,12H2,1-3H3. The SMILES string of the molecule is CCOc1ccc(-c2noc(CSc3nnnn3-c3c(C)cccc3C)n2)cc1. The summed E-state index contributed by atoms with van der Waals surface area (Å²) >= 11 is 1.45. The van der Waals surface area contributed by atoms with Crippen molar-refractivity contribution in [2.75, 3.05) is 6.61 Å². The Morgan fingerprint density at radius 3 is 2.55 bits per heavy atom. The number of benzene rings is 2. The topological polar surface area (TPSA) is 91.8 Å². The number of hydrogen-bond acceptors (Lipinski definition) is 8. The predicted molar refractivity (Wildman–Crippen MR) is 109 cm³/mol. The number of ether oxygens (including phenoxy) is 1. The Balaban J connectivity index is 1.48. The molecule has 0 aliphatic heterocycles. The quantitative estimate of drug-likeness (QED) is 0.423. The Morgan fingerprint density at radius 2 is 1.83 bits per heavy atom. The van der Waals surface area contributed by atoms with Gasteiger partial charge in [-0.15, -0.1) is 5.10 Å². The fourth-order valence-electron chi connectivity index (χ4n) is 2.97. The molecule has 4 rings (SSSR count). The van der Waals surface area contributed by atoms with Crippen LogP contribution in [0.25, 0.3) is 17.1 Å². The van der Waals surface area contributed by atoms with Crippen molar-refractivity contribution in [2.45, 2.75) is 31.7 Å². The molecular weight excluding hydrogens is 388 g/mol. The molecule has 148 valence electrons. The first-order chi connectivity index (χ1) is 14.2. The normalized spacial score (nSPS) is 11.0. The van der Waals surface area contributed by atoms with E-state index in [1.807, 2.05) is 63.2 Å². The van der Waals surface area contributed by atoms with E-state index in [4.69, 9.17) is 9.26 Å². The Morgan fingerprint density at radius 1 is 1.07 bits per heavy atom. The lowest BCUT2D eigenvalue weighted by atomic mass is 10.1. The van der Waals surface area contributed by atoms with E-state index in [-0.39, 0.29) is 0 Å². The maximum atomic E-state index is 5.46. The molecule has 8 nitrogen and oxygen atoms in total. The fraction of sp³-hybridized carbons (Fsp3) is 0.250. The zero-order valence-corrected chi connectivity index (χ0v) is 17.2. The van der Waals surface area contributed by atoms with Gasteiger partial charge in [-0.3, -0.25) is 0 Å². The van der Waals surface area contributed by atoms with Gasteiger partial charge in [0.05, 0.1) is 18.0 Å². The Bertz CT molecular complexity index is 1090. The van der Waals surface area contributed by atoms with Gasteiger partial charge in [0.25, 0.3) is 0 Å². The minimum atomic E-state index is 0.468. The third kappa shape index (κ3) is 4.14. The van der Waals surface area contributed by atoms with Gasteiger partial charge in [0.15, 0.2) is 0 Å². The van der Waals surface area contributed by atoms with Crippen LogP contribution in [0.15, 0.2) is 52.1 Å². The molecule has 0 atom stereocenters. The molecule has 0 saturated carbocycles. The van der Waals surface area contributed by atoms with Crippen molar-refractivity contribution in [1.82, 2.24) is 30.3 Å². The summed E-state index contributed by atoms with van der Waals surface area (Å²) in [5.74, 6) is 2.33. The van der Waals surface area contributed by atoms with Crippen molar-refractivity contribution >= 4 is 11.8 Å². The highest BCUT2D eigenvalue weighted by Crippen LogP contribution is 2.26. The average molecular weight is 408 g/mol. The summed E-state index contributed by atoms with van der Waals surface area (Å²) in [6.07, 6.45) is 0. The number of aromatic nitrogens is 6. The highest BCUT2D eigenvalue weighted by atomic mass is 32.2. The average Bonchev–Trinajstić information content (AvgIpc) is 3.37. The molecule has 0 unspecified atom stereocenters. The van der Waals surface area contributed by atoms with E-state index in [2.05, 4.69) is 25.7 Å². The van der Waals surface area contributed by atoms with E-state index in [1.165, 1.54) is 11.8 Å². The van der Waals surface area contributed by atoms with Crippen molar-refractivity contribution in [3.63, 3.8) is 0 Å². The number of hydrogen-bond donors (Lipinski definition) is 0. The van der Waals surface area contributed by atoms with Crippen LogP contribution in [0.2, 0.25) is 0 Å². The van der Waals surface area contributed by atoms with Crippen molar-refractivity contribution in [1.29, 1.82) is 0 Å². The molecule has 0 spiro atoms. The smallest absolute Gasteiger partial charge is 0.237 e. The first kappa shape index (κ1) is 19.1. The predicted octanol–water partition coefficient (Wildman–Crippen LogP) is 4.02. The minimum Gasteiger partial charge on any atom is -0.494 e. The molecule has 0 aliphatic carbocycles. The Labute approximate surface area is 172 Å². The minimum absolute atomic E-state index is 0.468. The third-order valence-electron chi connectivity index (χ3n) is 4.31. The molecule has 29 heavy (non-hydrogen) atoms. The number of thioether (sulfide) groups is 1. The van der Waals surface area contributed by atoms with Crippen molar-refractivity contribution in [2.24, 2.45) is 0 Å². The van der Waals surface area contributed by atoms with Crippen LogP contribution in [0.4, 0.5) is 0 Å². The lowest BCUT2D eigenvalue weighted by molar-refractivity contribution is 0.340. The van der Waals surface area contributed by atoms with Gasteiger partial charge in [0, 0.05) is 5.56 Å². The lowest BCUT2D eigenvalue weighted by Gasteiger charge is -2.09. The van der Waals surface area contributed by atoms with Gasteiger partial charge in [-0.1, -0.05) is 35.1 Å². The highest BCUT2D eigenvalue weighted by Gasteiger charge is 2.15. The molecule has 0 amide bonds. The van der Waals surface area contributed by atoms with Crippen LogP contribution in [0, 0.1) is 13.8 Å². The number of aryl methyl sites for hydroxylation is 2. The molecule has 0 aliphatic rings. The van der Waals surface area contributed by atoms with Crippen molar-refractivity contribution in [3.8, 4) is 22.8 Å².